The lowest BCUT2D eigenvalue weighted by Gasteiger charge is -2.22. The third kappa shape index (κ3) is 2.91. The highest BCUT2D eigenvalue weighted by Crippen LogP contribution is 2.45. The molecule has 0 atom stereocenters. The number of thiazole rings is 1. The average Bonchev–Trinajstić information content (AvgIpc) is 3.21. The lowest BCUT2D eigenvalue weighted by molar-refractivity contribution is -0.120. The van der Waals surface area contributed by atoms with Gasteiger partial charge in [0.25, 0.3) is 0 Å². The van der Waals surface area contributed by atoms with Gasteiger partial charge in [0.1, 0.15) is 6.54 Å². The summed E-state index contributed by atoms with van der Waals surface area (Å²) < 4.78 is 37.8. The van der Waals surface area contributed by atoms with Crippen LogP contribution in [0, 0.1) is 0 Å². The van der Waals surface area contributed by atoms with E-state index >= 15 is 0 Å². The number of carbonyl (C=O) groups is 1. The Hall–Kier alpha value is -1.11. The summed E-state index contributed by atoms with van der Waals surface area (Å²) in [7, 11) is 0. The molecule has 7 heteroatoms. The molecule has 3 rings (SSSR count). The summed E-state index contributed by atoms with van der Waals surface area (Å²) in [5.41, 5.74) is 0.697. The quantitative estimate of drug-likeness (QED) is 0.780. The average molecular weight is 290 g/mol. The standard InChI is InChI=1S/C12H13F3N2OS/c13-12(14,15)6-17(8-3-4-8)11-16-10(7-1-2-7)9(5-18)19-11/h5,7-8H,1-4,6H2. The Morgan fingerprint density at radius 2 is 2.00 bits per heavy atom. The fraction of sp³-hybridized carbons (Fsp3) is 0.667. The molecule has 3 nitrogen and oxygen atoms in total. The molecule has 1 aromatic heterocycles. The summed E-state index contributed by atoms with van der Waals surface area (Å²) >= 11 is 1.09. The second-order valence-corrected chi connectivity index (χ2v) is 6.12. The van der Waals surface area contributed by atoms with E-state index in [1.807, 2.05) is 0 Å². The summed E-state index contributed by atoms with van der Waals surface area (Å²) in [6.45, 7) is -0.979. The number of aromatic nitrogens is 1. The fourth-order valence-corrected chi connectivity index (χ4v) is 3.16. The molecular formula is C12H13F3N2OS. The molecule has 2 aliphatic carbocycles. The van der Waals surface area contributed by atoms with E-state index in [0.717, 1.165) is 37.0 Å². The van der Waals surface area contributed by atoms with Gasteiger partial charge in [0.2, 0.25) is 0 Å². The van der Waals surface area contributed by atoms with Crippen molar-refractivity contribution in [3.8, 4) is 0 Å². The summed E-state index contributed by atoms with van der Waals surface area (Å²) in [6.07, 6.45) is -0.0298. The highest BCUT2D eigenvalue weighted by Gasteiger charge is 2.40. The van der Waals surface area contributed by atoms with Crippen LogP contribution in [0.1, 0.15) is 47.0 Å². The van der Waals surface area contributed by atoms with E-state index in [2.05, 4.69) is 4.98 Å². The highest BCUT2D eigenvalue weighted by molar-refractivity contribution is 7.17. The molecule has 0 bridgehead atoms. The second kappa shape index (κ2) is 4.47. The Balaban J connectivity index is 1.87. The van der Waals surface area contributed by atoms with Crippen molar-refractivity contribution in [1.82, 2.24) is 4.98 Å². The SMILES string of the molecule is O=Cc1sc(N(CC(F)(F)F)C2CC2)nc1C1CC1. The molecule has 0 radical (unpaired) electrons. The van der Waals surface area contributed by atoms with Crippen LogP contribution in [0.4, 0.5) is 18.3 Å². The maximum atomic E-state index is 12.6. The van der Waals surface area contributed by atoms with Crippen molar-refractivity contribution in [1.29, 1.82) is 0 Å². The first-order chi connectivity index (χ1) is 8.98. The van der Waals surface area contributed by atoms with E-state index < -0.39 is 12.7 Å². The van der Waals surface area contributed by atoms with Gasteiger partial charge in [-0.25, -0.2) is 4.98 Å². The first kappa shape index (κ1) is 12.9. The molecule has 1 aromatic rings. The molecule has 0 aromatic carbocycles. The number of alkyl halides is 3. The number of nitrogens with zero attached hydrogens (tertiary/aromatic N) is 2. The third-order valence-electron chi connectivity index (χ3n) is 3.32. The largest absolute Gasteiger partial charge is 0.406 e. The molecule has 0 N–H and O–H groups in total. The van der Waals surface area contributed by atoms with E-state index in [1.165, 1.54) is 4.90 Å². The highest BCUT2D eigenvalue weighted by atomic mass is 32.1. The fourth-order valence-electron chi connectivity index (χ4n) is 2.12. The molecule has 2 aliphatic rings. The van der Waals surface area contributed by atoms with Crippen molar-refractivity contribution in [3.63, 3.8) is 0 Å². The van der Waals surface area contributed by atoms with Crippen LogP contribution in [0.2, 0.25) is 0 Å². The number of hydrogen-bond acceptors (Lipinski definition) is 4. The van der Waals surface area contributed by atoms with Crippen LogP contribution in [0.3, 0.4) is 0 Å². The Kier molecular flexibility index (Phi) is 3.03. The van der Waals surface area contributed by atoms with Crippen LogP contribution in [0.5, 0.6) is 0 Å². The third-order valence-corrected chi connectivity index (χ3v) is 4.36. The van der Waals surface area contributed by atoms with Crippen LogP contribution in [0.25, 0.3) is 0 Å². The van der Waals surface area contributed by atoms with E-state index in [4.69, 9.17) is 0 Å². The van der Waals surface area contributed by atoms with Crippen molar-refractivity contribution in [3.05, 3.63) is 10.6 Å². The molecule has 0 aliphatic heterocycles. The summed E-state index contributed by atoms with van der Waals surface area (Å²) in [5, 5.41) is 0.351. The molecule has 0 saturated heterocycles. The molecule has 0 amide bonds. The zero-order valence-electron chi connectivity index (χ0n) is 10.1. The van der Waals surface area contributed by atoms with E-state index in [0.29, 0.717) is 22.0 Å². The molecular weight excluding hydrogens is 277 g/mol. The zero-order valence-corrected chi connectivity index (χ0v) is 10.9. The van der Waals surface area contributed by atoms with E-state index in [1.54, 1.807) is 0 Å². The molecule has 2 saturated carbocycles. The van der Waals surface area contributed by atoms with Gasteiger partial charge < -0.3 is 4.90 Å². The summed E-state index contributed by atoms with van der Waals surface area (Å²) in [5.74, 6) is 0.275. The lowest BCUT2D eigenvalue weighted by atomic mass is 10.3. The zero-order chi connectivity index (χ0) is 13.6. The number of halogens is 3. The van der Waals surface area contributed by atoms with E-state index in [-0.39, 0.29) is 12.0 Å². The Bertz CT molecular complexity index is 492. The molecule has 2 fully saturated rings. The van der Waals surface area contributed by atoms with Crippen LogP contribution in [-0.4, -0.2) is 30.0 Å². The van der Waals surface area contributed by atoms with Gasteiger partial charge >= 0.3 is 6.18 Å². The monoisotopic (exact) mass is 290 g/mol. The number of rotatable bonds is 5. The van der Waals surface area contributed by atoms with Gasteiger partial charge in [-0.3, -0.25) is 4.79 Å². The molecule has 0 unspecified atom stereocenters. The van der Waals surface area contributed by atoms with Gasteiger partial charge in [-0.2, -0.15) is 13.2 Å². The van der Waals surface area contributed by atoms with Crippen molar-refractivity contribution >= 4 is 22.8 Å². The van der Waals surface area contributed by atoms with Crippen molar-refractivity contribution in [2.45, 2.75) is 43.8 Å². The molecule has 19 heavy (non-hydrogen) atoms. The van der Waals surface area contributed by atoms with Gasteiger partial charge in [-0.1, -0.05) is 11.3 Å². The Morgan fingerprint density at radius 3 is 2.47 bits per heavy atom. The molecule has 1 heterocycles. The van der Waals surface area contributed by atoms with Gasteiger partial charge in [-0.05, 0) is 25.7 Å². The smallest absolute Gasteiger partial charge is 0.336 e. The molecule has 104 valence electrons. The Morgan fingerprint density at radius 1 is 1.32 bits per heavy atom. The summed E-state index contributed by atoms with van der Waals surface area (Å²) in [4.78, 5) is 17.1. The first-order valence-corrected chi connectivity index (χ1v) is 7.09. The van der Waals surface area contributed by atoms with Crippen LogP contribution in [0.15, 0.2) is 0 Å². The topological polar surface area (TPSA) is 33.2 Å². The van der Waals surface area contributed by atoms with E-state index in [9.17, 15) is 18.0 Å². The van der Waals surface area contributed by atoms with Gasteiger partial charge in [0.05, 0.1) is 10.6 Å². The minimum absolute atomic E-state index is 0.0701. The lowest BCUT2D eigenvalue weighted by Crippen LogP contribution is -2.35. The summed E-state index contributed by atoms with van der Waals surface area (Å²) in [6, 6.07) is -0.0701. The predicted molar refractivity (Wildman–Crippen MR) is 65.9 cm³/mol. The Labute approximate surface area is 112 Å². The van der Waals surface area contributed by atoms with Crippen molar-refractivity contribution in [2.24, 2.45) is 0 Å². The van der Waals surface area contributed by atoms with Crippen molar-refractivity contribution in [2.75, 3.05) is 11.4 Å². The van der Waals surface area contributed by atoms with Crippen molar-refractivity contribution < 1.29 is 18.0 Å². The maximum Gasteiger partial charge on any atom is 0.406 e. The predicted octanol–water partition coefficient (Wildman–Crippen LogP) is 3.36. The first-order valence-electron chi connectivity index (χ1n) is 6.27. The number of aldehydes is 1. The van der Waals surface area contributed by atoms with Crippen LogP contribution >= 0.6 is 11.3 Å². The minimum atomic E-state index is -4.24. The molecule has 0 spiro atoms. The van der Waals surface area contributed by atoms with Gasteiger partial charge in [0, 0.05) is 12.0 Å². The van der Waals surface area contributed by atoms with Crippen LogP contribution < -0.4 is 4.90 Å². The number of anilines is 1. The number of carbonyl (C=O) groups excluding carboxylic acids is 1. The second-order valence-electron chi connectivity index (χ2n) is 5.11. The van der Waals surface area contributed by atoms with Gasteiger partial charge in [0.15, 0.2) is 11.4 Å². The van der Waals surface area contributed by atoms with Crippen LogP contribution in [-0.2, 0) is 0 Å². The maximum absolute atomic E-state index is 12.6. The minimum Gasteiger partial charge on any atom is -0.336 e. The van der Waals surface area contributed by atoms with Gasteiger partial charge in [-0.15, -0.1) is 0 Å². The normalized spacial score (nSPS) is 19.5. The number of hydrogen-bond donors (Lipinski definition) is 0.